The lowest BCUT2D eigenvalue weighted by atomic mass is 10.1. The van der Waals surface area contributed by atoms with Gasteiger partial charge >= 0.3 is 23.9 Å². The van der Waals surface area contributed by atoms with Gasteiger partial charge in [-0.25, -0.2) is 19.2 Å². The Morgan fingerprint density at radius 3 is 1.58 bits per heavy atom. The maximum Gasteiger partial charge on any atom is 0.343 e. The summed E-state index contributed by atoms with van der Waals surface area (Å²) >= 11 is 0. The van der Waals surface area contributed by atoms with E-state index in [1.165, 1.54) is 18.2 Å². The molecule has 0 atom stereocenters. The average molecular weight is 661 g/mol. The van der Waals surface area contributed by atoms with Gasteiger partial charge in [-0.05, 0) is 105 Å². The normalized spacial score (nSPS) is 10.5. The van der Waals surface area contributed by atoms with Gasteiger partial charge < -0.3 is 28.4 Å². The van der Waals surface area contributed by atoms with E-state index in [4.69, 9.17) is 28.4 Å². The van der Waals surface area contributed by atoms with Crippen molar-refractivity contribution in [3.63, 3.8) is 0 Å². The summed E-state index contributed by atoms with van der Waals surface area (Å²) in [6, 6.07) is 17.2. The van der Waals surface area contributed by atoms with E-state index in [2.05, 4.69) is 20.4 Å². The quantitative estimate of drug-likeness (QED) is 0.0482. The molecule has 0 saturated heterocycles. The van der Waals surface area contributed by atoms with E-state index < -0.39 is 23.9 Å². The van der Waals surface area contributed by atoms with Gasteiger partial charge in [0.15, 0.2) is 0 Å². The van der Waals surface area contributed by atoms with Gasteiger partial charge in [-0.15, -0.1) is 0 Å². The summed E-state index contributed by atoms with van der Waals surface area (Å²) in [5, 5.41) is 0. The maximum absolute atomic E-state index is 13.2. The molecule has 0 N–H and O–H groups in total. The highest BCUT2D eigenvalue weighted by atomic mass is 16.6. The van der Waals surface area contributed by atoms with Crippen LogP contribution >= 0.6 is 0 Å². The Morgan fingerprint density at radius 1 is 0.562 bits per heavy atom. The van der Waals surface area contributed by atoms with Crippen LogP contribution in [0.1, 0.15) is 96.3 Å². The number of carbonyl (C=O) groups is 4. The number of hydrogen-bond acceptors (Lipinski definition) is 10. The van der Waals surface area contributed by atoms with E-state index in [1.807, 2.05) is 0 Å². The topological polar surface area (TPSA) is 124 Å². The van der Waals surface area contributed by atoms with Crippen LogP contribution in [0, 0.1) is 0 Å². The molecule has 48 heavy (non-hydrogen) atoms. The van der Waals surface area contributed by atoms with E-state index >= 15 is 0 Å². The van der Waals surface area contributed by atoms with Gasteiger partial charge in [0, 0.05) is 6.08 Å². The minimum Gasteiger partial charge on any atom is -0.494 e. The third-order valence-electron chi connectivity index (χ3n) is 6.98. The monoisotopic (exact) mass is 660 g/mol. The summed E-state index contributed by atoms with van der Waals surface area (Å²) in [5.74, 6) is -1.25. The second-order valence-corrected chi connectivity index (χ2v) is 10.8. The van der Waals surface area contributed by atoms with Crippen molar-refractivity contribution in [3.05, 3.63) is 96.1 Å². The highest BCUT2D eigenvalue weighted by Crippen LogP contribution is 2.28. The van der Waals surface area contributed by atoms with Crippen molar-refractivity contribution in [1.29, 1.82) is 0 Å². The number of esters is 4. The molecule has 0 aromatic heterocycles. The molecule has 0 aliphatic carbocycles. The van der Waals surface area contributed by atoms with Crippen LogP contribution in [-0.2, 0) is 14.3 Å². The van der Waals surface area contributed by atoms with Crippen molar-refractivity contribution < 1.29 is 47.6 Å². The Hall–Kier alpha value is -5.12. The Bertz CT molecular complexity index is 1480. The number of benzene rings is 3. The van der Waals surface area contributed by atoms with Crippen molar-refractivity contribution in [2.45, 2.75) is 65.2 Å². The third-order valence-corrected chi connectivity index (χ3v) is 6.98. The standard InChI is InChI=1S/C38H44O10/c1-4-7-23-43-30-17-13-28(14-18-30)36(40)47-32-21-22-34(48-37(41)29-15-19-31(20-16-29)44-24-8-5-2)33(27-32)38(42)46-26-12-10-9-11-25-45-35(39)6-3/h6,13-22,27H,3-5,7-12,23-26H2,1-2H3. The minimum absolute atomic E-state index is 0.0503. The van der Waals surface area contributed by atoms with Crippen molar-refractivity contribution in [3.8, 4) is 23.0 Å². The molecule has 256 valence electrons. The van der Waals surface area contributed by atoms with Crippen LogP contribution in [0.4, 0.5) is 0 Å². The number of carbonyl (C=O) groups excluding carboxylic acids is 4. The molecule has 10 nitrogen and oxygen atoms in total. The number of unbranched alkanes of at least 4 members (excludes halogenated alkanes) is 5. The van der Waals surface area contributed by atoms with Crippen LogP contribution in [0.15, 0.2) is 79.4 Å². The van der Waals surface area contributed by atoms with Crippen LogP contribution in [-0.4, -0.2) is 50.3 Å². The zero-order valence-electron chi connectivity index (χ0n) is 27.7. The lowest BCUT2D eigenvalue weighted by molar-refractivity contribution is -0.137. The largest absolute Gasteiger partial charge is 0.494 e. The summed E-state index contributed by atoms with van der Waals surface area (Å²) in [5.41, 5.74) is 0.469. The summed E-state index contributed by atoms with van der Waals surface area (Å²) in [6.07, 6.45) is 7.71. The van der Waals surface area contributed by atoms with Crippen molar-refractivity contribution in [2.75, 3.05) is 26.4 Å². The van der Waals surface area contributed by atoms with Crippen LogP contribution in [0.3, 0.4) is 0 Å². The molecule has 0 spiro atoms. The zero-order valence-corrected chi connectivity index (χ0v) is 27.7. The molecule has 3 rings (SSSR count). The highest BCUT2D eigenvalue weighted by molar-refractivity contribution is 5.97. The summed E-state index contributed by atoms with van der Waals surface area (Å²) in [6.45, 7) is 9.06. The van der Waals surface area contributed by atoms with Gasteiger partial charge in [0.05, 0.1) is 37.6 Å². The van der Waals surface area contributed by atoms with Gasteiger partial charge in [0.2, 0.25) is 0 Å². The summed E-state index contributed by atoms with van der Waals surface area (Å²) in [4.78, 5) is 50.2. The van der Waals surface area contributed by atoms with Gasteiger partial charge in [-0.1, -0.05) is 33.3 Å². The molecular formula is C38H44O10. The first kappa shape index (κ1) is 37.3. The molecule has 0 radical (unpaired) electrons. The number of hydrogen-bond donors (Lipinski definition) is 0. The molecule has 3 aromatic rings. The van der Waals surface area contributed by atoms with E-state index in [-0.39, 0.29) is 35.8 Å². The lowest BCUT2D eigenvalue weighted by Crippen LogP contribution is -2.15. The van der Waals surface area contributed by atoms with E-state index in [9.17, 15) is 19.2 Å². The van der Waals surface area contributed by atoms with Crippen LogP contribution in [0.5, 0.6) is 23.0 Å². The first-order valence-corrected chi connectivity index (χ1v) is 16.3. The van der Waals surface area contributed by atoms with Gasteiger partial charge in [0.1, 0.15) is 28.6 Å². The molecule has 0 fully saturated rings. The minimum atomic E-state index is -0.746. The van der Waals surface area contributed by atoms with Crippen molar-refractivity contribution >= 4 is 23.9 Å². The molecular weight excluding hydrogens is 616 g/mol. The van der Waals surface area contributed by atoms with E-state index in [0.717, 1.165) is 44.6 Å². The zero-order chi connectivity index (χ0) is 34.6. The molecule has 0 unspecified atom stereocenters. The second-order valence-electron chi connectivity index (χ2n) is 10.8. The van der Waals surface area contributed by atoms with E-state index in [0.29, 0.717) is 43.1 Å². The Balaban J connectivity index is 1.67. The van der Waals surface area contributed by atoms with Crippen LogP contribution < -0.4 is 18.9 Å². The predicted octanol–water partition coefficient (Wildman–Crippen LogP) is 7.93. The molecule has 0 heterocycles. The molecule has 0 aliphatic rings. The number of rotatable bonds is 21. The highest BCUT2D eigenvalue weighted by Gasteiger charge is 2.21. The molecule has 10 heteroatoms. The smallest absolute Gasteiger partial charge is 0.343 e. The Morgan fingerprint density at radius 2 is 1.06 bits per heavy atom. The van der Waals surface area contributed by atoms with Crippen molar-refractivity contribution in [2.24, 2.45) is 0 Å². The van der Waals surface area contributed by atoms with Crippen LogP contribution in [0.25, 0.3) is 0 Å². The maximum atomic E-state index is 13.2. The molecule has 0 bridgehead atoms. The Kier molecular flexibility index (Phi) is 16.3. The van der Waals surface area contributed by atoms with Gasteiger partial charge in [0.25, 0.3) is 0 Å². The third kappa shape index (κ3) is 12.9. The fraction of sp³-hybridized carbons (Fsp3) is 0.368. The second kappa shape index (κ2) is 20.9. The van der Waals surface area contributed by atoms with E-state index in [1.54, 1.807) is 48.5 Å². The lowest BCUT2D eigenvalue weighted by Gasteiger charge is -2.13. The molecule has 0 aliphatic heterocycles. The fourth-order valence-corrected chi connectivity index (χ4v) is 4.22. The summed E-state index contributed by atoms with van der Waals surface area (Å²) in [7, 11) is 0. The number of ether oxygens (including phenoxy) is 6. The van der Waals surface area contributed by atoms with Gasteiger partial charge in [-0.3, -0.25) is 0 Å². The molecule has 0 saturated carbocycles. The summed E-state index contributed by atoms with van der Waals surface area (Å²) < 4.78 is 32.9. The first-order valence-electron chi connectivity index (χ1n) is 16.3. The molecule has 0 amide bonds. The molecule has 3 aromatic carbocycles. The van der Waals surface area contributed by atoms with Gasteiger partial charge in [-0.2, -0.15) is 0 Å². The fourth-order valence-electron chi connectivity index (χ4n) is 4.22. The Labute approximate surface area is 281 Å². The SMILES string of the molecule is C=CC(=O)OCCCCCCOC(=O)c1cc(OC(=O)c2ccc(OCCCC)cc2)ccc1OC(=O)c1ccc(OCCCC)cc1. The average Bonchev–Trinajstić information content (AvgIpc) is 3.10. The predicted molar refractivity (Wildman–Crippen MR) is 180 cm³/mol. The van der Waals surface area contributed by atoms with Crippen molar-refractivity contribution in [1.82, 2.24) is 0 Å². The van der Waals surface area contributed by atoms with Crippen LogP contribution in [0.2, 0.25) is 0 Å². The first-order chi connectivity index (χ1) is 23.3.